The van der Waals surface area contributed by atoms with Crippen molar-refractivity contribution in [1.29, 1.82) is 5.26 Å². The van der Waals surface area contributed by atoms with Gasteiger partial charge in [0.25, 0.3) is 0 Å². The molecular weight excluding hydrogens is 264 g/mol. The number of rotatable bonds is 5. The summed E-state index contributed by atoms with van der Waals surface area (Å²) in [6.07, 6.45) is 3.80. The van der Waals surface area contributed by atoms with E-state index in [9.17, 15) is 0 Å². The highest BCUT2D eigenvalue weighted by Gasteiger charge is 2.03. The van der Waals surface area contributed by atoms with Crippen LogP contribution in [0.5, 0.6) is 5.75 Å². The van der Waals surface area contributed by atoms with Crippen LogP contribution in [0.2, 0.25) is 0 Å². The van der Waals surface area contributed by atoms with E-state index in [1.165, 1.54) is 0 Å². The summed E-state index contributed by atoms with van der Waals surface area (Å²) < 4.78 is 7.07. The second-order valence-corrected chi connectivity index (χ2v) is 4.52. The first-order valence-electron chi connectivity index (χ1n) is 6.62. The normalized spacial score (nSPS) is 10.2. The van der Waals surface area contributed by atoms with Gasteiger partial charge >= 0.3 is 0 Å². The number of nitrogens with zero attached hydrogens (tertiary/aromatic N) is 3. The molecule has 0 aliphatic heterocycles. The van der Waals surface area contributed by atoms with E-state index < -0.39 is 0 Å². The third-order valence-corrected chi connectivity index (χ3v) is 3.15. The zero-order chi connectivity index (χ0) is 14.5. The molecule has 0 spiro atoms. The molecule has 0 radical (unpaired) electrons. The summed E-state index contributed by atoms with van der Waals surface area (Å²) in [4.78, 5) is 0. The number of aromatic nitrogens is 2. The Hall–Kier alpha value is -3.00. The summed E-state index contributed by atoms with van der Waals surface area (Å²) in [6.45, 7) is 0.765. The lowest BCUT2D eigenvalue weighted by Gasteiger charge is -2.07. The van der Waals surface area contributed by atoms with Gasteiger partial charge in [-0.3, -0.25) is 0 Å². The monoisotopic (exact) mass is 278 g/mol. The van der Waals surface area contributed by atoms with E-state index in [-0.39, 0.29) is 6.61 Å². The molecule has 2 aromatic heterocycles. The Bertz CT molecular complexity index is 771. The topological polar surface area (TPSA) is 62.3 Å². The Morgan fingerprint density at radius 3 is 2.86 bits per heavy atom. The summed E-state index contributed by atoms with van der Waals surface area (Å²) >= 11 is 0. The highest BCUT2D eigenvalue weighted by molar-refractivity contribution is 5.55. The van der Waals surface area contributed by atoms with Gasteiger partial charge < -0.3 is 10.1 Å². The molecule has 0 saturated carbocycles. The molecule has 0 unspecified atom stereocenters. The van der Waals surface area contributed by atoms with Crippen molar-refractivity contribution in [3.8, 4) is 11.8 Å². The van der Waals surface area contributed by atoms with Crippen LogP contribution in [0.25, 0.3) is 5.52 Å². The Labute approximate surface area is 122 Å². The molecule has 1 N–H and O–H groups in total. The minimum Gasteiger partial charge on any atom is -0.479 e. The molecule has 0 aliphatic rings. The molecule has 1 aromatic carbocycles. The molecular formula is C16H14N4O. The molecule has 0 amide bonds. The van der Waals surface area contributed by atoms with Gasteiger partial charge in [0.15, 0.2) is 6.61 Å². The summed E-state index contributed by atoms with van der Waals surface area (Å²) in [5, 5.41) is 16.1. The van der Waals surface area contributed by atoms with E-state index in [4.69, 9.17) is 10.00 Å². The molecule has 0 aliphatic carbocycles. The molecule has 5 heteroatoms. The van der Waals surface area contributed by atoms with E-state index in [0.717, 1.165) is 16.8 Å². The van der Waals surface area contributed by atoms with Gasteiger partial charge in [-0.2, -0.15) is 10.4 Å². The van der Waals surface area contributed by atoms with Crippen molar-refractivity contribution in [2.75, 3.05) is 11.9 Å². The Morgan fingerprint density at radius 1 is 1.19 bits per heavy atom. The minimum atomic E-state index is 0.0647. The number of nitrogens with one attached hydrogen (secondary N) is 1. The maximum atomic E-state index is 8.46. The SMILES string of the molecule is N#CCOc1ccc(NCc2cnn3ccccc23)cc1. The smallest absolute Gasteiger partial charge is 0.174 e. The van der Waals surface area contributed by atoms with Gasteiger partial charge in [-0.05, 0) is 36.4 Å². The fourth-order valence-corrected chi connectivity index (χ4v) is 2.11. The minimum absolute atomic E-state index is 0.0647. The molecule has 0 atom stereocenters. The highest BCUT2D eigenvalue weighted by Crippen LogP contribution is 2.17. The predicted molar refractivity (Wildman–Crippen MR) is 80.1 cm³/mol. The van der Waals surface area contributed by atoms with Crippen molar-refractivity contribution < 1.29 is 4.74 Å². The predicted octanol–water partition coefficient (Wildman–Crippen LogP) is 2.85. The van der Waals surface area contributed by atoms with Crippen molar-refractivity contribution in [1.82, 2.24) is 9.61 Å². The Kier molecular flexibility index (Phi) is 3.70. The van der Waals surface area contributed by atoms with Crippen LogP contribution < -0.4 is 10.1 Å². The van der Waals surface area contributed by atoms with Gasteiger partial charge in [0.1, 0.15) is 11.8 Å². The van der Waals surface area contributed by atoms with Crippen molar-refractivity contribution >= 4 is 11.2 Å². The van der Waals surface area contributed by atoms with Crippen molar-refractivity contribution in [2.45, 2.75) is 6.54 Å². The van der Waals surface area contributed by atoms with Crippen LogP contribution >= 0.6 is 0 Å². The summed E-state index contributed by atoms with van der Waals surface area (Å²) in [7, 11) is 0. The van der Waals surface area contributed by atoms with Crippen molar-refractivity contribution in [3.63, 3.8) is 0 Å². The molecule has 21 heavy (non-hydrogen) atoms. The number of pyridine rings is 1. The van der Waals surface area contributed by atoms with E-state index in [2.05, 4.69) is 10.4 Å². The summed E-state index contributed by atoms with van der Waals surface area (Å²) in [5.41, 5.74) is 3.23. The van der Waals surface area contributed by atoms with Gasteiger partial charge in [-0.25, -0.2) is 4.52 Å². The first-order valence-corrected chi connectivity index (χ1v) is 6.62. The third kappa shape index (κ3) is 2.95. The number of anilines is 1. The van der Waals surface area contributed by atoms with Crippen LogP contribution in [-0.4, -0.2) is 16.2 Å². The first-order chi connectivity index (χ1) is 10.4. The Balaban J connectivity index is 1.66. The van der Waals surface area contributed by atoms with Gasteiger partial charge in [0.05, 0.1) is 11.7 Å². The molecule has 0 bridgehead atoms. The zero-order valence-electron chi connectivity index (χ0n) is 11.4. The van der Waals surface area contributed by atoms with Crippen LogP contribution in [0.3, 0.4) is 0 Å². The fraction of sp³-hybridized carbons (Fsp3) is 0.125. The van der Waals surface area contributed by atoms with E-state index in [1.54, 1.807) is 0 Å². The summed E-state index contributed by atoms with van der Waals surface area (Å²) in [6, 6.07) is 15.5. The second kappa shape index (κ2) is 5.97. The number of nitriles is 1. The molecule has 3 rings (SSSR count). The lowest BCUT2D eigenvalue weighted by Crippen LogP contribution is -1.99. The quantitative estimate of drug-likeness (QED) is 0.779. The lowest BCUT2D eigenvalue weighted by molar-refractivity contribution is 0.368. The van der Waals surface area contributed by atoms with Crippen molar-refractivity contribution in [3.05, 3.63) is 60.4 Å². The first kappa shape index (κ1) is 13.0. The van der Waals surface area contributed by atoms with Crippen LogP contribution in [0.15, 0.2) is 54.9 Å². The molecule has 0 fully saturated rings. The van der Waals surface area contributed by atoms with Gasteiger partial charge in [0.2, 0.25) is 0 Å². The van der Waals surface area contributed by atoms with Gasteiger partial charge in [-0.15, -0.1) is 0 Å². The molecule has 2 heterocycles. The largest absolute Gasteiger partial charge is 0.479 e. The van der Waals surface area contributed by atoms with Gasteiger partial charge in [0, 0.05) is 24.0 Å². The fourth-order valence-electron chi connectivity index (χ4n) is 2.11. The van der Waals surface area contributed by atoms with E-state index in [0.29, 0.717) is 12.3 Å². The molecule has 104 valence electrons. The zero-order valence-corrected chi connectivity index (χ0v) is 11.4. The standard InChI is InChI=1S/C16H14N4O/c17-8-10-21-15-6-4-14(5-7-15)18-11-13-12-19-20-9-2-1-3-16(13)20/h1-7,9,12,18H,10-11H2. The summed E-state index contributed by atoms with van der Waals surface area (Å²) in [5.74, 6) is 0.693. The number of ether oxygens (including phenoxy) is 1. The molecule has 3 aromatic rings. The number of hydrogen-bond donors (Lipinski definition) is 1. The van der Waals surface area contributed by atoms with Gasteiger partial charge in [-0.1, -0.05) is 6.07 Å². The lowest BCUT2D eigenvalue weighted by atomic mass is 10.2. The van der Waals surface area contributed by atoms with E-state index in [1.807, 2.05) is 65.4 Å². The third-order valence-electron chi connectivity index (χ3n) is 3.15. The number of fused-ring (bicyclic) bond motifs is 1. The maximum Gasteiger partial charge on any atom is 0.174 e. The Morgan fingerprint density at radius 2 is 2.05 bits per heavy atom. The average molecular weight is 278 g/mol. The molecule has 5 nitrogen and oxygen atoms in total. The highest BCUT2D eigenvalue weighted by atomic mass is 16.5. The average Bonchev–Trinajstić information content (AvgIpc) is 2.95. The van der Waals surface area contributed by atoms with Crippen LogP contribution in [0.1, 0.15) is 5.56 Å². The number of benzene rings is 1. The number of hydrogen-bond acceptors (Lipinski definition) is 4. The van der Waals surface area contributed by atoms with Crippen molar-refractivity contribution in [2.24, 2.45) is 0 Å². The molecule has 0 saturated heterocycles. The van der Waals surface area contributed by atoms with Crippen LogP contribution in [0, 0.1) is 11.3 Å². The second-order valence-electron chi connectivity index (χ2n) is 4.52. The maximum absolute atomic E-state index is 8.46. The van der Waals surface area contributed by atoms with Crippen LogP contribution in [-0.2, 0) is 6.54 Å². The van der Waals surface area contributed by atoms with E-state index >= 15 is 0 Å². The van der Waals surface area contributed by atoms with Crippen LogP contribution in [0.4, 0.5) is 5.69 Å².